The molecule has 4 heteroatoms. The highest BCUT2D eigenvalue weighted by molar-refractivity contribution is 5.34. The van der Waals surface area contributed by atoms with Gasteiger partial charge in [-0.1, -0.05) is 12.5 Å². The Labute approximate surface area is 138 Å². The van der Waals surface area contributed by atoms with E-state index < -0.39 is 0 Å². The molecule has 1 aromatic carbocycles. The average molecular weight is 312 g/mol. The molecule has 1 aliphatic heterocycles. The van der Waals surface area contributed by atoms with Gasteiger partial charge >= 0.3 is 0 Å². The Hall–Kier alpha value is -2.07. The summed E-state index contributed by atoms with van der Waals surface area (Å²) in [6.07, 6.45) is 3.98. The van der Waals surface area contributed by atoms with E-state index in [0.717, 1.165) is 23.7 Å². The van der Waals surface area contributed by atoms with Crippen LogP contribution in [0.4, 0.5) is 0 Å². The van der Waals surface area contributed by atoms with E-state index in [2.05, 4.69) is 22.9 Å². The van der Waals surface area contributed by atoms with Crippen LogP contribution in [0.15, 0.2) is 36.4 Å². The van der Waals surface area contributed by atoms with Crippen molar-refractivity contribution in [3.8, 4) is 17.4 Å². The highest BCUT2D eigenvalue weighted by Gasteiger charge is 2.12. The zero-order chi connectivity index (χ0) is 16.1. The van der Waals surface area contributed by atoms with Gasteiger partial charge in [0.2, 0.25) is 5.88 Å². The van der Waals surface area contributed by atoms with Gasteiger partial charge in [0.15, 0.2) is 0 Å². The number of ether oxygens (including phenoxy) is 2. The second-order valence-electron chi connectivity index (χ2n) is 6.01. The van der Waals surface area contributed by atoms with Crippen molar-refractivity contribution >= 4 is 0 Å². The van der Waals surface area contributed by atoms with Crippen LogP contribution in [0.25, 0.3) is 0 Å². The first-order valence-electron chi connectivity index (χ1n) is 8.25. The number of benzene rings is 1. The maximum absolute atomic E-state index is 5.82. The molecule has 0 spiro atoms. The van der Waals surface area contributed by atoms with Gasteiger partial charge in [-0.05, 0) is 62.7 Å². The van der Waals surface area contributed by atoms with Crippen molar-refractivity contribution in [2.75, 3.05) is 20.2 Å². The highest BCUT2D eigenvalue weighted by Crippen LogP contribution is 2.24. The lowest BCUT2D eigenvalue weighted by Gasteiger charge is -2.26. The van der Waals surface area contributed by atoms with E-state index in [1.54, 1.807) is 7.11 Å². The Balaban J connectivity index is 1.65. The molecule has 0 unspecified atom stereocenters. The molecule has 1 fully saturated rings. The summed E-state index contributed by atoms with van der Waals surface area (Å²) >= 11 is 0. The average Bonchev–Trinajstić information content (AvgIpc) is 2.59. The molecule has 2 aromatic rings. The van der Waals surface area contributed by atoms with Crippen LogP contribution in [-0.4, -0.2) is 30.1 Å². The number of piperidine rings is 1. The quantitative estimate of drug-likeness (QED) is 0.829. The molecule has 23 heavy (non-hydrogen) atoms. The number of aryl methyl sites for hydroxylation is 1. The van der Waals surface area contributed by atoms with Crippen molar-refractivity contribution in [3.63, 3.8) is 0 Å². The van der Waals surface area contributed by atoms with E-state index in [1.165, 1.54) is 37.9 Å². The molecule has 2 heterocycles. The summed E-state index contributed by atoms with van der Waals surface area (Å²) in [5, 5.41) is 0. The lowest BCUT2D eigenvalue weighted by molar-refractivity contribution is 0.220. The first-order chi connectivity index (χ1) is 11.2. The number of rotatable bonds is 5. The molecule has 122 valence electrons. The third kappa shape index (κ3) is 4.23. The number of hydrogen-bond acceptors (Lipinski definition) is 4. The molecule has 0 bridgehead atoms. The van der Waals surface area contributed by atoms with Gasteiger partial charge in [0.25, 0.3) is 0 Å². The molecule has 0 radical (unpaired) electrons. The van der Waals surface area contributed by atoms with E-state index in [9.17, 15) is 0 Å². The minimum atomic E-state index is 0.634. The molecule has 0 amide bonds. The Morgan fingerprint density at radius 1 is 0.957 bits per heavy atom. The smallest absolute Gasteiger partial charge is 0.219 e. The van der Waals surface area contributed by atoms with Crippen molar-refractivity contribution < 1.29 is 9.47 Å². The maximum Gasteiger partial charge on any atom is 0.219 e. The molecule has 1 saturated heterocycles. The predicted molar refractivity (Wildman–Crippen MR) is 91.2 cm³/mol. The van der Waals surface area contributed by atoms with Gasteiger partial charge in [0.1, 0.15) is 11.5 Å². The van der Waals surface area contributed by atoms with Gasteiger partial charge in [-0.2, -0.15) is 0 Å². The molecular weight excluding hydrogens is 288 g/mol. The topological polar surface area (TPSA) is 34.6 Å². The normalized spacial score (nSPS) is 15.4. The van der Waals surface area contributed by atoms with Crippen molar-refractivity contribution in [1.29, 1.82) is 0 Å². The van der Waals surface area contributed by atoms with Crippen molar-refractivity contribution in [2.45, 2.75) is 32.7 Å². The van der Waals surface area contributed by atoms with Crippen LogP contribution in [-0.2, 0) is 6.54 Å². The standard InChI is InChI=1S/C19H24N2O2/c1-15-16(14-21-12-4-3-5-13-21)6-11-19(20-15)23-18-9-7-17(22-2)8-10-18/h6-11H,3-5,12-14H2,1-2H3. The van der Waals surface area contributed by atoms with E-state index in [1.807, 2.05) is 30.3 Å². The van der Waals surface area contributed by atoms with Crippen LogP contribution >= 0.6 is 0 Å². The van der Waals surface area contributed by atoms with Crippen molar-refractivity contribution in [1.82, 2.24) is 9.88 Å². The van der Waals surface area contributed by atoms with E-state index in [4.69, 9.17) is 9.47 Å². The van der Waals surface area contributed by atoms with Crippen LogP contribution in [0.5, 0.6) is 17.4 Å². The highest BCUT2D eigenvalue weighted by atomic mass is 16.5. The number of methoxy groups -OCH3 is 1. The van der Waals surface area contributed by atoms with Gasteiger partial charge in [0.05, 0.1) is 7.11 Å². The first kappa shape index (κ1) is 15.8. The van der Waals surface area contributed by atoms with Gasteiger partial charge in [-0.15, -0.1) is 0 Å². The van der Waals surface area contributed by atoms with Gasteiger partial charge < -0.3 is 9.47 Å². The molecule has 0 aliphatic carbocycles. The lowest BCUT2D eigenvalue weighted by atomic mass is 10.1. The monoisotopic (exact) mass is 312 g/mol. The van der Waals surface area contributed by atoms with Crippen LogP contribution < -0.4 is 9.47 Å². The molecule has 1 aromatic heterocycles. The maximum atomic E-state index is 5.82. The number of nitrogens with zero attached hydrogens (tertiary/aromatic N) is 2. The Kier molecular flexibility index (Phi) is 5.13. The molecule has 1 aliphatic rings. The van der Waals surface area contributed by atoms with Gasteiger partial charge in [0, 0.05) is 18.3 Å². The third-order valence-corrected chi connectivity index (χ3v) is 4.29. The minimum Gasteiger partial charge on any atom is -0.497 e. The second-order valence-corrected chi connectivity index (χ2v) is 6.01. The fraction of sp³-hybridized carbons (Fsp3) is 0.421. The zero-order valence-electron chi connectivity index (χ0n) is 13.9. The third-order valence-electron chi connectivity index (χ3n) is 4.29. The first-order valence-corrected chi connectivity index (χ1v) is 8.25. The van der Waals surface area contributed by atoms with E-state index >= 15 is 0 Å². The Bertz CT molecular complexity index is 634. The minimum absolute atomic E-state index is 0.634. The van der Waals surface area contributed by atoms with Crippen LogP contribution in [0.1, 0.15) is 30.5 Å². The summed E-state index contributed by atoms with van der Waals surface area (Å²) in [6, 6.07) is 11.6. The fourth-order valence-corrected chi connectivity index (χ4v) is 2.91. The Morgan fingerprint density at radius 3 is 2.30 bits per heavy atom. The summed E-state index contributed by atoms with van der Waals surface area (Å²) in [5.41, 5.74) is 2.33. The second kappa shape index (κ2) is 7.47. The molecular formula is C19H24N2O2. The predicted octanol–water partition coefficient (Wildman–Crippen LogP) is 4.18. The van der Waals surface area contributed by atoms with Crippen LogP contribution in [0.2, 0.25) is 0 Å². The van der Waals surface area contributed by atoms with Crippen molar-refractivity contribution in [2.24, 2.45) is 0 Å². The molecule has 0 saturated carbocycles. The number of hydrogen-bond donors (Lipinski definition) is 0. The van der Waals surface area contributed by atoms with Crippen LogP contribution in [0, 0.1) is 6.92 Å². The Morgan fingerprint density at radius 2 is 1.65 bits per heavy atom. The largest absolute Gasteiger partial charge is 0.497 e. The number of pyridine rings is 1. The number of aromatic nitrogens is 1. The molecule has 4 nitrogen and oxygen atoms in total. The van der Waals surface area contributed by atoms with Gasteiger partial charge in [-0.3, -0.25) is 4.90 Å². The van der Waals surface area contributed by atoms with Crippen molar-refractivity contribution in [3.05, 3.63) is 47.7 Å². The molecule has 0 N–H and O–H groups in total. The summed E-state index contributed by atoms with van der Waals surface area (Å²) < 4.78 is 11.0. The van der Waals surface area contributed by atoms with E-state index in [-0.39, 0.29) is 0 Å². The van der Waals surface area contributed by atoms with Crippen LogP contribution in [0.3, 0.4) is 0 Å². The van der Waals surface area contributed by atoms with Gasteiger partial charge in [-0.25, -0.2) is 4.98 Å². The lowest BCUT2D eigenvalue weighted by Crippen LogP contribution is -2.29. The molecule has 3 rings (SSSR count). The zero-order valence-corrected chi connectivity index (χ0v) is 13.9. The van der Waals surface area contributed by atoms with E-state index in [0.29, 0.717) is 5.88 Å². The fourth-order valence-electron chi connectivity index (χ4n) is 2.91. The number of likely N-dealkylation sites (tertiary alicyclic amines) is 1. The SMILES string of the molecule is COc1ccc(Oc2ccc(CN3CCCCC3)c(C)n2)cc1. The summed E-state index contributed by atoms with van der Waals surface area (Å²) in [4.78, 5) is 7.11. The molecule has 0 atom stereocenters. The summed E-state index contributed by atoms with van der Waals surface area (Å²) in [7, 11) is 1.65. The summed E-state index contributed by atoms with van der Waals surface area (Å²) in [5.74, 6) is 2.22. The summed E-state index contributed by atoms with van der Waals surface area (Å²) in [6.45, 7) is 5.44.